The van der Waals surface area contributed by atoms with Crippen LogP contribution >= 0.6 is 0 Å². The largest absolute Gasteiger partial charge is 0.486 e. The standard InChI is InChI=1S/C17H12N6O4/c24-16(10-1-2-12-13(9-10)27-8-7-26-12)21-22-6-4-11-15(17(22)25)20-19-14-3-5-18-23(11)14/h1-6,9H,7-8H2,(H,21,24). The van der Waals surface area contributed by atoms with E-state index in [1.54, 1.807) is 36.5 Å². The summed E-state index contributed by atoms with van der Waals surface area (Å²) in [4.78, 5) is 25.2. The number of nitrogens with one attached hydrogen (secondary N) is 1. The number of rotatable bonds is 2. The smallest absolute Gasteiger partial charge is 0.299 e. The lowest BCUT2D eigenvalue weighted by Gasteiger charge is -2.18. The molecule has 0 atom stereocenters. The number of hydrogen-bond acceptors (Lipinski definition) is 7. The van der Waals surface area contributed by atoms with Gasteiger partial charge in [0, 0.05) is 17.8 Å². The van der Waals surface area contributed by atoms with Crippen LogP contribution < -0.4 is 20.5 Å². The molecule has 3 aromatic heterocycles. The Balaban J connectivity index is 1.50. The molecule has 4 aromatic rings. The lowest BCUT2D eigenvalue weighted by Crippen LogP contribution is -2.33. The van der Waals surface area contributed by atoms with Crippen molar-refractivity contribution in [1.29, 1.82) is 0 Å². The van der Waals surface area contributed by atoms with E-state index in [0.717, 1.165) is 4.68 Å². The van der Waals surface area contributed by atoms with Gasteiger partial charge in [-0.2, -0.15) is 5.10 Å². The average molecular weight is 364 g/mol. The first-order valence-electron chi connectivity index (χ1n) is 8.13. The Bertz CT molecular complexity index is 1260. The van der Waals surface area contributed by atoms with Gasteiger partial charge in [-0.3, -0.25) is 15.0 Å². The fourth-order valence-electron chi connectivity index (χ4n) is 2.89. The Morgan fingerprint density at radius 2 is 1.93 bits per heavy atom. The van der Waals surface area contributed by atoms with Gasteiger partial charge in [0.05, 0.1) is 6.20 Å². The minimum absolute atomic E-state index is 0.0937. The van der Waals surface area contributed by atoms with Crippen LogP contribution in [0.1, 0.15) is 10.4 Å². The number of carbonyl (C=O) groups is 1. The van der Waals surface area contributed by atoms with E-state index in [1.165, 1.54) is 10.7 Å². The third-order valence-electron chi connectivity index (χ3n) is 4.18. The van der Waals surface area contributed by atoms with Crippen molar-refractivity contribution in [2.75, 3.05) is 18.6 Å². The maximum atomic E-state index is 12.7. The van der Waals surface area contributed by atoms with Crippen molar-refractivity contribution >= 4 is 22.6 Å². The van der Waals surface area contributed by atoms with E-state index < -0.39 is 11.5 Å². The normalized spacial score (nSPS) is 13.0. The van der Waals surface area contributed by atoms with Crippen LogP contribution in [-0.4, -0.2) is 43.6 Å². The maximum absolute atomic E-state index is 12.7. The van der Waals surface area contributed by atoms with Gasteiger partial charge in [-0.05, 0) is 24.3 Å². The molecule has 1 aromatic carbocycles. The fourth-order valence-corrected chi connectivity index (χ4v) is 2.89. The topological polar surface area (TPSA) is 113 Å². The number of benzene rings is 1. The zero-order chi connectivity index (χ0) is 18.4. The van der Waals surface area contributed by atoms with Crippen molar-refractivity contribution in [2.45, 2.75) is 0 Å². The number of ether oxygens (including phenoxy) is 2. The summed E-state index contributed by atoms with van der Waals surface area (Å²) in [6.45, 7) is 0.887. The van der Waals surface area contributed by atoms with Crippen LogP contribution in [0.25, 0.3) is 16.7 Å². The molecule has 4 heterocycles. The molecule has 0 fully saturated rings. The second kappa shape index (κ2) is 5.80. The summed E-state index contributed by atoms with van der Waals surface area (Å²) in [6.07, 6.45) is 3.02. The van der Waals surface area contributed by atoms with Crippen molar-refractivity contribution in [3.05, 3.63) is 58.6 Å². The van der Waals surface area contributed by atoms with Gasteiger partial charge in [0.2, 0.25) is 0 Å². The van der Waals surface area contributed by atoms with E-state index in [9.17, 15) is 9.59 Å². The third-order valence-corrected chi connectivity index (χ3v) is 4.18. The second-order valence-electron chi connectivity index (χ2n) is 5.83. The Morgan fingerprint density at radius 1 is 1.07 bits per heavy atom. The molecule has 134 valence electrons. The quantitative estimate of drug-likeness (QED) is 0.554. The molecule has 0 unspecified atom stereocenters. The number of hydrogen-bond donors (Lipinski definition) is 1. The predicted octanol–water partition coefficient (Wildman–Crippen LogP) is 0.594. The van der Waals surface area contributed by atoms with E-state index in [-0.39, 0.29) is 5.52 Å². The molecule has 1 aliphatic heterocycles. The highest BCUT2D eigenvalue weighted by atomic mass is 16.6. The number of fused-ring (bicyclic) bond motifs is 4. The number of nitrogens with zero attached hydrogens (tertiary/aromatic N) is 5. The lowest BCUT2D eigenvalue weighted by atomic mass is 10.2. The predicted molar refractivity (Wildman–Crippen MR) is 93.7 cm³/mol. The van der Waals surface area contributed by atoms with Crippen molar-refractivity contribution in [2.24, 2.45) is 0 Å². The molecule has 0 radical (unpaired) electrons. The third kappa shape index (κ3) is 2.46. The molecule has 10 nitrogen and oxygen atoms in total. The summed E-state index contributed by atoms with van der Waals surface area (Å²) in [7, 11) is 0. The summed E-state index contributed by atoms with van der Waals surface area (Å²) < 4.78 is 13.5. The monoisotopic (exact) mass is 364 g/mol. The molecule has 5 rings (SSSR count). The summed E-state index contributed by atoms with van der Waals surface area (Å²) >= 11 is 0. The van der Waals surface area contributed by atoms with Gasteiger partial charge in [0.25, 0.3) is 11.5 Å². The Kier molecular flexibility index (Phi) is 3.29. The first-order chi connectivity index (χ1) is 13.2. The SMILES string of the molecule is O=C(Nn1ccc2c(nnc3ccnn32)c1=O)c1ccc2c(c1)OCCO2. The number of pyridine rings is 1. The molecule has 0 saturated heterocycles. The van der Waals surface area contributed by atoms with E-state index in [1.807, 2.05) is 0 Å². The molecule has 0 aliphatic carbocycles. The highest BCUT2D eigenvalue weighted by Gasteiger charge is 2.16. The first-order valence-corrected chi connectivity index (χ1v) is 8.13. The molecule has 1 amide bonds. The van der Waals surface area contributed by atoms with Crippen molar-refractivity contribution in [1.82, 2.24) is 24.5 Å². The van der Waals surface area contributed by atoms with Gasteiger partial charge in [-0.15, -0.1) is 10.2 Å². The zero-order valence-corrected chi connectivity index (χ0v) is 13.8. The van der Waals surface area contributed by atoms with Crippen LogP contribution in [0.3, 0.4) is 0 Å². The number of aromatic nitrogens is 5. The molecule has 27 heavy (non-hydrogen) atoms. The van der Waals surface area contributed by atoms with Crippen molar-refractivity contribution < 1.29 is 14.3 Å². The van der Waals surface area contributed by atoms with Gasteiger partial charge in [0.15, 0.2) is 22.7 Å². The Labute approximate surface area is 150 Å². The van der Waals surface area contributed by atoms with Crippen LogP contribution in [0.2, 0.25) is 0 Å². The first kappa shape index (κ1) is 15.3. The summed E-state index contributed by atoms with van der Waals surface area (Å²) in [5.41, 5.74) is 3.48. The molecule has 0 saturated carbocycles. The van der Waals surface area contributed by atoms with E-state index in [2.05, 4.69) is 20.7 Å². The molecular weight excluding hydrogens is 352 g/mol. The second-order valence-corrected chi connectivity index (χ2v) is 5.83. The molecule has 10 heteroatoms. The van der Waals surface area contributed by atoms with Crippen LogP contribution in [-0.2, 0) is 0 Å². The minimum Gasteiger partial charge on any atom is -0.486 e. The van der Waals surface area contributed by atoms with Gasteiger partial charge < -0.3 is 9.47 Å². The van der Waals surface area contributed by atoms with Crippen LogP contribution in [0.5, 0.6) is 11.5 Å². The van der Waals surface area contributed by atoms with Crippen LogP contribution in [0.15, 0.2) is 47.5 Å². The maximum Gasteiger partial charge on any atom is 0.299 e. The summed E-state index contributed by atoms with van der Waals surface area (Å²) in [5.74, 6) is 0.604. The van der Waals surface area contributed by atoms with Crippen molar-refractivity contribution in [3.8, 4) is 11.5 Å². The highest BCUT2D eigenvalue weighted by Crippen LogP contribution is 2.30. The Morgan fingerprint density at radius 3 is 2.81 bits per heavy atom. The van der Waals surface area contributed by atoms with E-state index in [4.69, 9.17) is 9.47 Å². The van der Waals surface area contributed by atoms with Gasteiger partial charge in [-0.25, -0.2) is 9.19 Å². The zero-order valence-electron chi connectivity index (χ0n) is 13.8. The van der Waals surface area contributed by atoms with Gasteiger partial charge >= 0.3 is 0 Å². The Hall–Kier alpha value is -3.95. The van der Waals surface area contributed by atoms with Crippen molar-refractivity contribution in [3.63, 3.8) is 0 Å². The van der Waals surface area contributed by atoms with Crippen LogP contribution in [0, 0.1) is 0 Å². The molecule has 0 bridgehead atoms. The molecule has 1 aliphatic rings. The van der Waals surface area contributed by atoms with Gasteiger partial charge in [-0.1, -0.05) is 0 Å². The minimum atomic E-state index is -0.511. The van der Waals surface area contributed by atoms with Gasteiger partial charge in [0.1, 0.15) is 18.7 Å². The number of carbonyl (C=O) groups excluding carboxylic acids is 1. The average Bonchev–Trinajstić information content (AvgIpc) is 3.19. The molecule has 1 N–H and O–H groups in total. The lowest BCUT2D eigenvalue weighted by molar-refractivity contribution is 0.101. The fraction of sp³-hybridized carbons (Fsp3) is 0.118. The molecular formula is C17H12N6O4. The van der Waals surface area contributed by atoms with E-state index >= 15 is 0 Å². The number of amides is 1. The summed E-state index contributed by atoms with van der Waals surface area (Å²) in [5, 5.41) is 12.0. The van der Waals surface area contributed by atoms with Crippen LogP contribution in [0.4, 0.5) is 0 Å². The molecule has 0 spiro atoms. The van der Waals surface area contributed by atoms with E-state index in [0.29, 0.717) is 41.4 Å². The summed E-state index contributed by atoms with van der Waals surface area (Å²) in [6, 6.07) is 8.15. The highest BCUT2D eigenvalue weighted by molar-refractivity contribution is 6.00.